The third-order valence-electron chi connectivity index (χ3n) is 4.55. The summed E-state index contributed by atoms with van der Waals surface area (Å²) in [5.74, 6) is 0.171. The van der Waals surface area contributed by atoms with Gasteiger partial charge in [0.15, 0.2) is 0 Å². The number of fused-ring (bicyclic) bond motifs is 1. The quantitative estimate of drug-likeness (QED) is 0.813. The Morgan fingerprint density at radius 2 is 1.91 bits per heavy atom. The number of halogens is 1. The van der Waals surface area contributed by atoms with Crippen molar-refractivity contribution in [1.29, 1.82) is 0 Å². The van der Waals surface area contributed by atoms with Crippen molar-refractivity contribution < 1.29 is 4.79 Å². The molecule has 1 amide bonds. The van der Waals surface area contributed by atoms with Crippen molar-refractivity contribution in [3.8, 4) is 0 Å². The number of benzene rings is 2. The number of likely N-dealkylation sites (N-methyl/N-ethyl adjacent to an activating group) is 1. The summed E-state index contributed by atoms with van der Waals surface area (Å²) < 4.78 is 1.08. The molecular weight excluding hydrogens is 352 g/mol. The van der Waals surface area contributed by atoms with Crippen LogP contribution in [0.4, 0.5) is 5.69 Å². The zero-order valence-electron chi connectivity index (χ0n) is 13.5. The molecule has 1 aliphatic heterocycles. The van der Waals surface area contributed by atoms with Crippen LogP contribution in [-0.4, -0.2) is 30.4 Å². The Labute approximate surface area is 146 Å². The molecule has 1 unspecified atom stereocenters. The molecule has 2 aromatic rings. The highest BCUT2D eigenvalue weighted by Crippen LogP contribution is 2.28. The van der Waals surface area contributed by atoms with Gasteiger partial charge < -0.3 is 4.90 Å². The summed E-state index contributed by atoms with van der Waals surface area (Å²) in [6.07, 6.45) is 0.947. The fraction of sp³-hybridized carbons (Fsp3) is 0.316. The van der Waals surface area contributed by atoms with Crippen molar-refractivity contribution in [2.24, 2.45) is 0 Å². The van der Waals surface area contributed by atoms with E-state index in [4.69, 9.17) is 0 Å². The van der Waals surface area contributed by atoms with Gasteiger partial charge >= 0.3 is 0 Å². The second-order valence-corrected chi connectivity index (χ2v) is 6.91. The number of carbonyl (C=O) groups is 1. The van der Waals surface area contributed by atoms with Gasteiger partial charge in [0.1, 0.15) is 0 Å². The first kappa shape index (κ1) is 16.2. The van der Waals surface area contributed by atoms with Crippen LogP contribution in [0.25, 0.3) is 0 Å². The summed E-state index contributed by atoms with van der Waals surface area (Å²) >= 11 is 3.58. The largest absolute Gasteiger partial charge is 0.310 e. The van der Waals surface area contributed by atoms with Crippen LogP contribution in [-0.2, 0) is 17.8 Å². The third-order valence-corrected chi connectivity index (χ3v) is 5.32. The van der Waals surface area contributed by atoms with E-state index in [9.17, 15) is 4.79 Å². The smallest absolute Gasteiger partial charge is 0.244 e. The first-order valence-electron chi connectivity index (χ1n) is 7.91. The van der Waals surface area contributed by atoms with Crippen molar-refractivity contribution >= 4 is 27.5 Å². The number of para-hydroxylation sites is 1. The van der Waals surface area contributed by atoms with Crippen LogP contribution in [0.3, 0.4) is 0 Å². The Hall–Kier alpha value is -1.65. The SMILES string of the molecule is CC(C(=O)N1CCc2ccccc21)N(C)Cc1ccccc1Br. The lowest BCUT2D eigenvalue weighted by Gasteiger charge is -2.28. The summed E-state index contributed by atoms with van der Waals surface area (Å²) in [7, 11) is 2.00. The van der Waals surface area contributed by atoms with Crippen molar-refractivity contribution in [3.05, 3.63) is 64.1 Å². The first-order chi connectivity index (χ1) is 11.1. The van der Waals surface area contributed by atoms with Gasteiger partial charge in [0.05, 0.1) is 6.04 Å². The Bertz CT molecular complexity index is 716. The van der Waals surface area contributed by atoms with Gasteiger partial charge in [0, 0.05) is 23.2 Å². The van der Waals surface area contributed by atoms with Crippen LogP contribution in [0, 0.1) is 0 Å². The lowest BCUT2D eigenvalue weighted by molar-refractivity contribution is -0.122. The molecule has 0 saturated carbocycles. The molecule has 0 radical (unpaired) electrons. The van der Waals surface area contributed by atoms with Gasteiger partial charge in [0.25, 0.3) is 0 Å². The molecule has 1 aliphatic rings. The minimum absolute atomic E-state index is 0.159. The highest BCUT2D eigenvalue weighted by Gasteiger charge is 2.29. The predicted octanol–water partition coefficient (Wildman–Crippen LogP) is 3.86. The predicted molar refractivity (Wildman–Crippen MR) is 97.6 cm³/mol. The normalized spacial score (nSPS) is 14.9. The van der Waals surface area contributed by atoms with Gasteiger partial charge in [-0.15, -0.1) is 0 Å². The number of hydrogen-bond donors (Lipinski definition) is 0. The molecule has 0 aliphatic carbocycles. The maximum Gasteiger partial charge on any atom is 0.244 e. The second-order valence-electron chi connectivity index (χ2n) is 6.05. The molecule has 0 bridgehead atoms. The zero-order chi connectivity index (χ0) is 16.4. The molecule has 4 heteroatoms. The van der Waals surface area contributed by atoms with Crippen molar-refractivity contribution in [2.75, 3.05) is 18.5 Å². The average molecular weight is 373 g/mol. The van der Waals surface area contributed by atoms with Crippen molar-refractivity contribution in [1.82, 2.24) is 4.90 Å². The average Bonchev–Trinajstić information content (AvgIpc) is 2.99. The van der Waals surface area contributed by atoms with E-state index in [1.807, 2.05) is 55.3 Å². The molecule has 3 rings (SSSR count). The van der Waals surface area contributed by atoms with Gasteiger partial charge in [0.2, 0.25) is 5.91 Å². The fourth-order valence-corrected chi connectivity index (χ4v) is 3.42. The van der Waals surface area contributed by atoms with Crippen LogP contribution < -0.4 is 4.90 Å². The van der Waals surface area contributed by atoms with E-state index in [-0.39, 0.29) is 11.9 Å². The maximum absolute atomic E-state index is 12.9. The Morgan fingerprint density at radius 3 is 2.70 bits per heavy atom. The van der Waals surface area contributed by atoms with E-state index < -0.39 is 0 Å². The van der Waals surface area contributed by atoms with E-state index in [1.54, 1.807) is 0 Å². The van der Waals surface area contributed by atoms with E-state index in [2.05, 4.69) is 33.0 Å². The van der Waals surface area contributed by atoms with E-state index in [0.717, 1.165) is 29.7 Å². The van der Waals surface area contributed by atoms with Gasteiger partial charge in [-0.3, -0.25) is 9.69 Å². The summed E-state index contributed by atoms with van der Waals surface area (Å²) in [5, 5.41) is 0. The number of hydrogen-bond acceptors (Lipinski definition) is 2. The number of amides is 1. The molecule has 120 valence electrons. The Morgan fingerprint density at radius 1 is 1.22 bits per heavy atom. The minimum atomic E-state index is -0.159. The molecule has 0 spiro atoms. The lowest BCUT2D eigenvalue weighted by atomic mass is 10.1. The standard InChI is InChI=1S/C19H21BrN2O/c1-14(21(2)13-16-8-3-5-9-17(16)20)19(23)22-12-11-15-7-4-6-10-18(15)22/h3-10,14H,11-13H2,1-2H3. The molecule has 1 heterocycles. The summed E-state index contributed by atoms with van der Waals surface area (Å²) in [6.45, 7) is 3.51. The van der Waals surface area contributed by atoms with E-state index >= 15 is 0 Å². The Kier molecular flexibility index (Phi) is 4.83. The number of anilines is 1. The molecule has 0 fully saturated rings. The number of rotatable bonds is 4. The molecule has 0 aromatic heterocycles. The molecular formula is C19H21BrN2O. The highest BCUT2D eigenvalue weighted by atomic mass is 79.9. The molecule has 23 heavy (non-hydrogen) atoms. The van der Waals surface area contributed by atoms with Crippen LogP contribution in [0.1, 0.15) is 18.1 Å². The molecule has 3 nitrogen and oxygen atoms in total. The second kappa shape index (κ2) is 6.85. The zero-order valence-corrected chi connectivity index (χ0v) is 15.1. The monoisotopic (exact) mass is 372 g/mol. The number of nitrogens with zero attached hydrogens (tertiary/aromatic N) is 2. The number of carbonyl (C=O) groups excluding carboxylic acids is 1. The van der Waals surface area contributed by atoms with Gasteiger partial charge in [-0.05, 0) is 43.7 Å². The third kappa shape index (κ3) is 3.33. The minimum Gasteiger partial charge on any atom is -0.310 e. The molecule has 2 aromatic carbocycles. The van der Waals surface area contributed by atoms with E-state index in [1.165, 1.54) is 11.1 Å². The van der Waals surface area contributed by atoms with Crippen LogP contribution >= 0.6 is 15.9 Å². The molecule has 0 saturated heterocycles. The highest BCUT2D eigenvalue weighted by molar-refractivity contribution is 9.10. The van der Waals surface area contributed by atoms with Gasteiger partial charge in [-0.25, -0.2) is 0 Å². The first-order valence-corrected chi connectivity index (χ1v) is 8.70. The lowest BCUT2D eigenvalue weighted by Crippen LogP contribution is -2.45. The molecule has 0 N–H and O–H groups in total. The summed E-state index contributed by atoms with van der Waals surface area (Å²) in [4.78, 5) is 16.9. The van der Waals surface area contributed by atoms with Crippen molar-refractivity contribution in [2.45, 2.75) is 25.9 Å². The maximum atomic E-state index is 12.9. The fourth-order valence-electron chi connectivity index (χ4n) is 3.01. The summed E-state index contributed by atoms with van der Waals surface area (Å²) in [6, 6.07) is 16.2. The summed E-state index contributed by atoms with van der Waals surface area (Å²) in [5.41, 5.74) is 3.52. The van der Waals surface area contributed by atoms with Crippen LogP contribution in [0.2, 0.25) is 0 Å². The van der Waals surface area contributed by atoms with Crippen LogP contribution in [0.15, 0.2) is 53.0 Å². The van der Waals surface area contributed by atoms with Gasteiger partial charge in [-0.2, -0.15) is 0 Å². The Balaban J connectivity index is 1.72. The van der Waals surface area contributed by atoms with Crippen molar-refractivity contribution in [3.63, 3.8) is 0 Å². The topological polar surface area (TPSA) is 23.6 Å². The van der Waals surface area contributed by atoms with Crippen LogP contribution in [0.5, 0.6) is 0 Å². The van der Waals surface area contributed by atoms with E-state index in [0.29, 0.717) is 0 Å². The van der Waals surface area contributed by atoms with Gasteiger partial charge in [-0.1, -0.05) is 52.3 Å². The molecule has 1 atom stereocenters.